The summed E-state index contributed by atoms with van der Waals surface area (Å²) in [4.78, 5) is 3.62. The summed E-state index contributed by atoms with van der Waals surface area (Å²) in [6.07, 6.45) is 3.90. The lowest BCUT2D eigenvalue weighted by Crippen LogP contribution is -1.94. The summed E-state index contributed by atoms with van der Waals surface area (Å²) >= 11 is 0. The lowest BCUT2D eigenvalue weighted by Gasteiger charge is -2.08. The maximum atomic E-state index is 12.4. The molecule has 0 amide bonds. The van der Waals surface area contributed by atoms with Crippen LogP contribution in [-0.2, 0) is 0 Å². The first-order valence-electron chi connectivity index (χ1n) is 4.35. The van der Waals surface area contributed by atoms with Crippen LogP contribution in [0, 0.1) is 5.95 Å². The highest BCUT2D eigenvalue weighted by atomic mass is 19.1. The molecule has 66 valence electrons. The maximum Gasteiger partial charge on any atom is 0.212 e. The zero-order valence-electron chi connectivity index (χ0n) is 7.55. The molecule has 1 nitrogen and oxygen atoms in total. The minimum absolute atomic E-state index is 0.401. The third-order valence-electron chi connectivity index (χ3n) is 2.04. The number of hydrogen-bond acceptors (Lipinski definition) is 1. The second kappa shape index (κ2) is 4.19. The molecule has 1 heterocycles. The van der Waals surface area contributed by atoms with E-state index < -0.39 is 5.95 Å². The first-order chi connectivity index (χ1) is 5.74. The van der Waals surface area contributed by atoms with Crippen molar-refractivity contribution in [2.24, 2.45) is 0 Å². The van der Waals surface area contributed by atoms with Gasteiger partial charge in [0.05, 0.1) is 0 Å². The standard InChI is InChI=1S/C10H14FN/c1-3-4-8(2)9-5-6-10(11)12-7-9/h5-8H,3-4H2,1-2H3. The Hall–Kier alpha value is -0.920. The van der Waals surface area contributed by atoms with Crippen LogP contribution in [0.5, 0.6) is 0 Å². The van der Waals surface area contributed by atoms with Crippen LogP contribution in [0.2, 0.25) is 0 Å². The van der Waals surface area contributed by atoms with Crippen LogP contribution in [0.4, 0.5) is 4.39 Å². The molecule has 0 aliphatic rings. The summed E-state index contributed by atoms with van der Waals surface area (Å²) in [6.45, 7) is 4.28. The van der Waals surface area contributed by atoms with Crippen LogP contribution in [0.1, 0.15) is 38.2 Å². The van der Waals surface area contributed by atoms with E-state index in [1.165, 1.54) is 6.07 Å². The van der Waals surface area contributed by atoms with E-state index in [9.17, 15) is 4.39 Å². The molecule has 0 fully saturated rings. The smallest absolute Gasteiger partial charge is 0.212 e. The van der Waals surface area contributed by atoms with E-state index >= 15 is 0 Å². The molecule has 0 aliphatic heterocycles. The average Bonchev–Trinajstić information content (AvgIpc) is 2.06. The third-order valence-corrected chi connectivity index (χ3v) is 2.04. The normalized spacial score (nSPS) is 12.9. The van der Waals surface area contributed by atoms with Crippen molar-refractivity contribution >= 4 is 0 Å². The molecule has 1 aromatic heterocycles. The van der Waals surface area contributed by atoms with Crippen LogP contribution < -0.4 is 0 Å². The van der Waals surface area contributed by atoms with Crippen LogP contribution >= 0.6 is 0 Å². The van der Waals surface area contributed by atoms with Crippen LogP contribution in [0.15, 0.2) is 18.3 Å². The highest BCUT2D eigenvalue weighted by Crippen LogP contribution is 2.19. The molecule has 0 radical (unpaired) electrons. The van der Waals surface area contributed by atoms with Crippen molar-refractivity contribution in [2.45, 2.75) is 32.6 Å². The van der Waals surface area contributed by atoms with E-state index in [4.69, 9.17) is 0 Å². The Morgan fingerprint density at radius 2 is 2.25 bits per heavy atom. The molecule has 0 spiro atoms. The van der Waals surface area contributed by atoms with Gasteiger partial charge in [0.15, 0.2) is 0 Å². The van der Waals surface area contributed by atoms with Gasteiger partial charge in [-0.1, -0.05) is 26.3 Å². The van der Waals surface area contributed by atoms with Crippen molar-refractivity contribution < 1.29 is 4.39 Å². The van der Waals surface area contributed by atoms with E-state index in [-0.39, 0.29) is 0 Å². The van der Waals surface area contributed by atoms with Crippen LogP contribution in [0.25, 0.3) is 0 Å². The lowest BCUT2D eigenvalue weighted by atomic mass is 9.98. The van der Waals surface area contributed by atoms with E-state index in [2.05, 4.69) is 18.8 Å². The fourth-order valence-corrected chi connectivity index (χ4v) is 1.28. The number of rotatable bonds is 3. The van der Waals surface area contributed by atoms with Gasteiger partial charge in [0.25, 0.3) is 0 Å². The summed E-state index contributed by atoms with van der Waals surface area (Å²) in [6, 6.07) is 3.23. The van der Waals surface area contributed by atoms with Gasteiger partial charge < -0.3 is 0 Å². The highest BCUT2D eigenvalue weighted by molar-refractivity contribution is 5.13. The Labute approximate surface area is 72.6 Å². The predicted octanol–water partition coefficient (Wildman–Crippen LogP) is 3.12. The average molecular weight is 167 g/mol. The first kappa shape index (κ1) is 9.17. The Bertz CT molecular complexity index is 230. The van der Waals surface area contributed by atoms with Gasteiger partial charge in [0, 0.05) is 6.20 Å². The van der Waals surface area contributed by atoms with Gasteiger partial charge in [-0.2, -0.15) is 4.39 Å². The van der Waals surface area contributed by atoms with Gasteiger partial charge in [-0.25, -0.2) is 4.98 Å². The van der Waals surface area contributed by atoms with Gasteiger partial charge in [-0.05, 0) is 24.0 Å². The van der Waals surface area contributed by atoms with E-state index in [0.29, 0.717) is 5.92 Å². The first-order valence-corrected chi connectivity index (χ1v) is 4.35. The van der Waals surface area contributed by atoms with Gasteiger partial charge in [-0.15, -0.1) is 0 Å². The number of halogens is 1. The zero-order valence-corrected chi connectivity index (χ0v) is 7.55. The van der Waals surface area contributed by atoms with Crippen molar-refractivity contribution in [1.29, 1.82) is 0 Å². The SMILES string of the molecule is CCCC(C)c1ccc(F)nc1. The van der Waals surface area contributed by atoms with Crippen molar-refractivity contribution in [3.05, 3.63) is 29.8 Å². The monoisotopic (exact) mass is 167 g/mol. The number of aromatic nitrogens is 1. The molecule has 1 unspecified atom stereocenters. The minimum Gasteiger partial charge on any atom is -0.228 e. The van der Waals surface area contributed by atoms with Crippen LogP contribution in [0.3, 0.4) is 0 Å². The molecular formula is C10H14FN. The fraction of sp³-hybridized carbons (Fsp3) is 0.500. The predicted molar refractivity (Wildman–Crippen MR) is 47.5 cm³/mol. The second-order valence-electron chi connectivity index (χ2n) is 3.10. The highest BCUT2D eigenvalue weighted by Gasteiger charge is 2.03. The molecule has 0 aliphatic carbocycles. The third kappa shape index (κ3) is 2.29. The van der Waals surface area contributed by atoms with Crippen molar-refractivity contribution in [3.8, 4) is 0 Å². The van der Waals surface area contributed by atoms with E-state index in [1.807, 2.05) is 6.07 Å². The Balaban J connectivity index is 2.68. The number of pyridine rings is 1. The molecule has 1 rings (SSSR count). The molecule has 12 heavy (non-hydrogen) atoms. The summed E-state index contributed by atoms with van der Waals surface area (Å²) in [5.74, 6) is 0.0885. The Kier molecular flexibility index (Phi) is 3.20. The van der Waals surface area contributed by atoms with Gasteiger partial charge in [0.2, 0.25) is 5.95 Å². The van der Waals surface area contributed by atoms with Gasteiger partial charge in [-0.3, -0.25) is 0 Å². The quantitative estimate of drug-likeness (QED) is 0.630. The largest absolute Gasteiger partial charge is 0.228 e. The number of hydrogen-bond donors (Lipinski definition) is 0. The van der Waals surface area contributed by atoms with Gasteiger partial charge in [0.1, 0.15) is 0 Å². The fourth-order valence-electron chi connectivity index (χ4n) is 1.28. The van der Waals surface area contributed by atoms with Gasteiger partial charge >= 0.3 is 0 Å². The molecule has 1 atom stereocenters. The zero-order chi connectivity index (χ0) is 8.97. The molecule has 2 heteroatoms. The molecule has 0 saturated heterocycles. The van der Waals surface area contributed by atoms with Crippen LogP contribution in [-0.4, -0.2) is 4.98 Å². The summed E-state index contributed by atoms with van der Waals surface area (Å²) < 4.78 is 12.4. The number of nitrogens with zero attached hydrogens (tertiary/aromatic N) is 1. The summed E-state index contributed by atoms with van der Waals surface area (Å²) in [5, 5.41) is 0. The van der Waals surface area contributed by atoms with Crippen molar-refractivity contribution in [2.75, 3.05) is 0 Å². The Morgan fingerprint density at radius 1 is 1.50 bits per heavy atom. The topological polar surface area (TPSA) is 12.9 Å². The second-order valence-corrected chi connectivity index (χ2v) is 3.10. The van der Waals surface area contributed by atoms with Crippen molar-refractivity contribution in [3.63, 3.8) is 0 Å². The molecule has 0 saturated carbocycles. The lowest BCUT2D eigenvalue weighted by molar-refractivity contribution is 0.577. The Morgan fingerprint density at radius 3 is 2.75 bits per heavy atom. The molecular weight excluding hydrogens is 153 g/mol. The molecule has 0 aromatic carbocycles. The summed E-state index contributed by atoms with van der Waals surface area (Å²) in [7, 11) is 0. The molecule has 1 aromatic rings. The molecule has 0 bridgehead atoms. The summed E-state index contributed by atoms with van der Waals surface area (Å²) in [5.41, 5.74) is 1.12. The minimum atomic E-state index is -0.401. The maximum absolute atomic E-state index is 12.4. The van der Waals surface area contributed by atoms with Crippen molar-refractivity contribution in [1.82, 2.24) is 4.98 Å². The van der Waals surface area contributed by atoms with E-state index in [0.717, 1.165) is 18.4 Å². The van der Waals surface area contributed by atoms with E-state index in [1.54, 1.807) is 6.20 Å². The molecule has 0 N–H and O–H groups in total.